The first-order valence-electron chi connectivity index (χ1n) is 7.33. The molecule has 0 amide bonds. The van der Waals surface area contributed by atoms with Crippen LogP contribution in [0.3, 0.4) is 0 Å². The topological polar surface area (TPSA) is 29.3 Å². The van der Waals surface area contributed by atoms with E-state index in [1.807, 2.05) is 13.0 Å². The van der Waals surface area contributed by atoms with E-state index >= 15 is 0 Å². The number of benzene rings is 1. The number of hydrogen-bond acceptors (Lipinski definition) is 2. The molecule has 1 aromatic carbocycles. The molecule has 1 rings (SSSR count). The molecule has 0 aliphatic heterocycles. The summed E-state index contributed by atoms with van der Waals surface area (Å²) in [6.07, 6.45) is 2.34. The van der Waals surface area contributed by atoms with Crippen molar-refractivity contribution in [2.45, 2.75) is 46.6 Å². The molecule has 0 heterocycles. The molecule has 0 aromatic heterocycles. The summed E-state index contributed by atoms with van der Waals surface area (Å²) >= 11 is 0. The van der Waals surface area contributed by atoms with Gasteiger partial charge in [0.1, 0.15) is 5.82 Å². The van der Waals surface area contributed by atoms with Crippen molar-refractivity contribution in [3.05, 3.63) is 29.6 Å². The van der Waals surface area contributed by atoms with Gasteiger partial charge in [0.05, 0.1) is 0 Å². The molecule has 1 atom stereocenters. The van der Waals surface area contributed by atoms with Gasteiger partial charge in [-0.25, -0.2) is 4.39 Å². The minimum Gasteiger partial charge on any atom is -0.371 e. The SMILES string of the molecule is CCC(CC)CN(CC)c1ccc(F)cc1[C@H](C)N. The van der Waals surface area contributed by atoms with Gasteiger partial charge in [0.15, 0.2) is 0 Å². The fourth-order valence-electron chi connectivity index (χ4n) is 2.43. The molecule has 0 spiro atoms. The summed E-state index contributed by atoms with van der Waals surface area (Å²) in [4.78, 5) is 2.32. The molecule has 2 N–H and O–H groups in total. The number of hydrogen-bond donors (Lipinski definition) is 1. The van der Waals surface area contributed by atoms with Crippen LogP contribution in [0.5, 0.6) is 0 Å². The second-order valence-corrected chi connectivity index (χ2v) is 5.21. The summed E-state index contributed by atoms with van der Waals surface area (Å²) in [6.45, 7) is 10.4. The molecule has 0 aliphatic rings. The van der Waals surface area contributed by atoms with Gasteiger partial charge in [-0.15, -0.1) is 0 Å². The maximum absolute atomic E-state index is 13.4. The van der Waals surface area contributed by atoms with Crippen molar-refractivity contribution in [3.63, 3.8) is 0 Å². The first kappa shape index (κ1) is 16.0. The molecular weight excluding hydrogens is 239 g/mol. The fourth-order valence-corrected chi connectivity index (χ4v) is 2.43. The summed E-state index contributed by atoms with van der Waals surface area (Å²) < 4.78 is 13.4. The lowest BCUT2D eigenvalue weighted by Gasteiger charge is -2.30. The van der Waals surface area contributed by atoms with Crippen molar-refractivity contribution in [1.29, 1.82) is 0 Å². The maximum atomic E-state index is 13.4. The molecule has 108 valence electrons. The van der Waals surface area contributed by atoms with Gasteiger partial charge in [-0.05, 0) is 43.5 Å². The molecule has 0 aliphatic carbocycles. The van der Waals surface area contributed by atoms with Crippen LogP contribution < -0.4 is 10.6 Å². The molecule has 3 heteroatoms. The minimum absolute atomic E-state index is 0.151. The van der Waals surface area contributed by atoms with Crippen LogP contribution in [0.25, 0.3) is 0 Å². The first-order valence-corrected chi connectivity index (χ1v) is 7.33. The number of rotatable bonds is 7. The van der Waals surface area contributed by atoms with Crippen LogP contribution in [0.2, 0.25) is 0 Å². The van der Waals surface area contributed by atoms with Gasteiger partial charge < -0.3 is 10.6 Å². The highest BCUT2D eigenvalue weighted by molar-refractivity contribution is 5.55. The van der Waals surface area contributed by atoms with Gasteiger partial charge in [-0.2, -0.15) is 0 Å². The highest BCUT2D eigenvalue weighted by Crippen LogP contribution is 2.27. The van der Waals surface area contributed by atoms with Gasteiger partial charge in [0.2, 0.25) is 0 Å². The van der Waals surface area contributed by atoms with Crippen LogP contribution in [-0.4, -0.2) is 13.1 Å². The van der Waals surface area contributed by atoms with Crippen LogP contribution in [0.1, 0.15) is 52.1 Å². The first-order chi connectivity index (χ1) is 9.03. The Bertz CT molecular complexity index is 386. The lowest BCUT2D eigenvalue weighted by atomic mass is 10.0. The summed E-state index contributed by atoms with van der Waals surface area (Å²) in [6, 6.07) is 4.80. The molecule has 19 heavy (non-hydrogen) atoms. The van der Waals surface area contributed by atoms with E-state index in [1.54, 1.807) is 6.07 Å². The maximum Gasteiger partial charge on any atom is 0.123 e. The summed E-state index contributed by atoms with van der Waals surface area (Å²) in [7, 11) is 0. The molecule has 0 fully saturated rings. The molecule has 1 aromatic rings. The normalized spacial score (nSPS) is 12.8. The van der Waals surface area contributed by atoms with E-state index in [0.29, 0.717) is 5.92 Å². The van der Waals surface area contributed by atoms with Gasteiger partial charge >= 0.3 is 0 Å². The highest BCUT2D eigenvalue weighted by atomic mass is 19.1. The van der Waals surface area contributed by atoms with Crippen LogP contribution in [0, 0.1) is 11.7 Å². The van der Waals surface area contributed by atoms with Gasteiger partial charge in [-0.3, -0.25) is 0 Å². The lowest BCUT2D eigenvalue weighted by molar-refractivity contribution is 0.485. The summed E-state index contributed by atoms with van der Waals surface area (Å²) in [5.41, 5.74) is 7.95. The predicted molar refractivity (Wildman–Crippen MR) is 81.0 cm³/mol. The van der Waals surface area contributed by atoms with E-state index in [-0.39, 0.29) is 11.9 Å². The molecule has 2 nitrogen and oxygen atoms in total. The van der Waals surface area contributed by atoms with E-state index < -0.39 is 0 Å². The van der Waals surface area contributed by atoms with Crippen LogP contribution in [0.15, 0.2) is 18.2 Å². The Labute approximate surface area is 116 Å². The molecule has 0 radical (unpaired) electrons. The van der Waals surface area contributed by atoms with Crippen molar-refractivity contribution in [2.24, 2.45) is 11.7 Å². The fraction of sp³-hybridized carbons (Fsp3) is 0.625. The van der Waals surface area contributed by atoms with Crippen molar-refractivity contribution >= 4 is 5.69 Å². The van der Waals surface area contributed by atoms with E-state index in [9.17, 15) is 4.39 Å². The highest BCUT2D eigenvalue weighted by Gasteiger charge is 2.16. The molecule has 0 saturated carbocycles. The molecule has 0 unspecified atom stereocenters. The zero-order valence-electron chi connectivity index (χ0n) is 12.6. The average molecular weight is 266 g/mol. The Morgan fingerprint density at radius 1 is 1.21 bits per heavy atom. The predicted octanol–water partition coefficient (Wildman–Crippen LogP) is 4.11. The lowest BCUT2D eigenvalue weighted by Crippen LogP contribution is -2.30. The van der Waals surface area contributed by atoms with E-state index in [1.165, 1.54) is 18.9 Å². The van der Waals surface area contributed by atoms with Gasteiger partial charge in [-0.1, -0.05) is 26.7 Å². The van der Waals surface area contributed by atoms with Gasteiger partial charge in [0, 0.05) is 24.8 Å². The number of halogens is 1. The van der Waals surface area contributed by atoms with Crippen molar-refractivity contribution in [3.8, 4) is 0 Å². The van der Waals surface area contributed by atoms with Crippen molar-refractivity contribution in [1.82, 2.24) is 0 Å². The second kappa shape index (κ2) is 7.49. The third kappa shape index (κ3) is 4.20. The van der Waals surface area contributed by atoms with E-state index in [2.05, 4.69) is 25.7 Å². The van der Waals surface area contributed by atoms with Crippen LogP contribution in [-0.2, 0) is 0 Å². The Morgan fingerprint density at radius 2 is 1.84 bits per heavy atom. The third-order valence-corrected chi connectivity index (χ3v) is 3.84. The molecule has 0 bridgehead atoms. The van der Waals surface area contributed by atoms with Gasteiger partial charge in [0.25, 0.3) is 0 Å². The van der Waals surface area contributed by atoms with E-state index in [0.717, 1.165) is 24.3 Å². The van der Waals surface area contributed by atoms with Crippen molar-refractivity contribution < 1.29 is 4.39 Å². The zero-order chi connectivity index (χ0) is 14.4. The number of nitrogens with two attached hydrogens (primary N) is 1. The minimum atomic E-state index is -0.213. The van der Waals surface area contributed by atoms with E-state index in [4.69, 9.17) is 5.73 Å². The molecular formula is C16H27FN2. The Kier molecular flexibility index (Phi) is 6.29. The largest absolute Gasteiger partial charge is 0.371 e. The van der Waals surface area contributed by atoms with Crippen molar-refractivity contribution in [2.75, 3.05) is 18.0 Å². The average Bonchev–Trinajstić information content (AvgIpc) is 2.40. The quantitative estimate of drug-likeness (QED) is 0.804. The monoisotopic (exact) mass is 266 g/mol. The smallest absolute Gasteiger partial charge is 0.123 e. The number of anilines is 1. The second-order valence-electron chi connectivity index (χ2n) is 5.21. The standard InChI is InChI=1S/C16H27FN2/c1-5-13(6-2)11-19(7-3)16-9-8-14(17)10-15(16)12(4)18/h8-10,12-13H,5-7,11,18H2,1-4H3/t12-/m0/s1. The van der Waals surface area contributed by atoms with Crippen LogP contribution in [0.4, 0.5) is 10.1 Å². The summed E-state index contributed by atoms with van der Waals surface area (Å²) in [5, 5.41) is 0. The Hall–Kier alpha value is -1.09. The summed E-state index contributed by atoms with van der Waals surface area (Å²) in [5.74, 6) is 0.459. The third-order valence-electron chi connectivity index (χ3n) is 3.84. The number of nitrogens with zero attached hydrogens (tertiary/aromatic N) is 1. The Balaban J connectivity index is 3.03. The Morgan fingerprint density at radius 3 is 2.32 bits per heavy atom. The zero-order valence-corrected chi connectivity index (χ0v) is 12.6. The molecule has 0 saturated heterocycles. The van der Waals surface area contributed by atoms with Crippen LogP contribution >= 0.6 is 0 Å².